The van der Waals surface area contributed by atoms with Crippen molar-refractivity contribution in [3.63, 3.8) is 0 Å². The van der Waals surface area contributed by atoms with Crippen molar-refractivity contribution in [2.24, 2.45) is 0 Å². The number of benzene rings is 4. The van der Waals surface area contributed by atoms with E-state index in [0.29, 0.717) is 0 Å². The number of likely N-dealkylation sites (tertiary alicyclic amines) is 2. The van der Waals surface area contributed by atoms with Gasteiger partial charge in [0.1, 0.15) is 11.2 Å². The van der Waals surface area contributed by atoms with Crippen LogP contribution >= 0.6 is 0 Å². The van der Waals surface area contributed by atoms with E-state index in [1.54, 1.807) is 0 Å². The SMILES string of the molecule is OC(CCCN1CCCCC1)(c1ccccc1)c1ccccc1.OC(CCCN1CCCCC1)(c1ccccc1)c1ccccc1. The molecule has 4 aromatic carbocycles. The van der Waals surface area contributed by atoms with Crippen LogP contribution in [0.4, 0.5) is 0 Å². The summed E-state index contributed by atoms with van der Waals surface area (Å²) in [4.78, 5) is 5.08. The van der Waals surface area contributed by atoms with Crippen molar-refractivity contribution < 1.29 is 10.2 Å². The van der Waals surface area contributed by atoms with Gasteiger partial charge in [-0.05, 0) is 113 Å². The smallest absolute Gasteiger partial charge is 0.115 e. The molecule has 4 heteroatoms. The van der Waals surface area contributed by atoms with Gasteiger partial charge in [-0.15, -0.1) is 0 Å². The van der Waals surface area contributed by atoms with Gasteiger partial charge in [-0.2, -0.15) is 0 Å². The molecule has 2 N–H and O–H groups in total. The second kappa shape index (κ2) is 17.6. The highest BCUT2D eigenvalue weighted by Gasteiger charge is 2.32. The second-order valence-corrected chi connectivity index (χ2v) is 13.2. The summed E-state index contributed by atoms with van der Waals surface area (Å²) in [6.07, 6.45) is 11.6. The van der Waals surface area contributed by atoms with Crippen LogP contribution < -0.4 is 0 Å². The van der Waals surface area contributed by atoms with Crippen LogP contribution in [-0.4, -0.2) is 59.3 Å². The van der Waals surface area contributed by atoms with Crippen LogP contribution in [0.3, 0.4) is 0 Å². The van der Waals surface area contributed by atoms with E-state index >= 15 is 0 Å². The van der Waals surface area contributed by atoms with Crippen molar-refractivity contribution in [3.05, 3.63) is 144 Å². The Morgan fingerprint density at radius 1 is 0.391 bits per heavy atom. The Labute approximate surface area is 277 Å². The number of piperidine rings is 2. The minimum atomic E-state index is -0.891. The van der Waals surface area contributed by atoms with Crippen molar-refractivity contribution >= 4 is 0 Å². The van der Waals surface area contributed by atoms with E-state index in [4.69, 9.17) is 0 Å². The predicted octanol–water partition coefficient (Wildman–Crippen LogP) is 8.38. The minimum absolute atomic E-state index is 0.761. The average Bonchev–Trinajstić information content (AvgIpc) is 3.14. The Bertz CT molecular complexity index is 1180. The molecule has 244 valence electrons. The molecule has 2 fully saturated rings. The highest BCUT2D eigenvalue weighted by Crippen LogP contribution is 2.35. The summed E-state index contributed by atoms with van der Waals surface area (Å²) in [6, 6.07) is 40.4. The van der Waals surface area contributed by atoms with Gasteiger partial charge in [0, 0.05) is 0 Å². The molecular weight excluding hydrogens is 564 g/mol. The number of aliphatic hydroxyl groups is 2. The van der Waals surface area contributed by atoms with Crippen LogP contribution in [0.1, 0.15) is 86.5 Å². The van der Waals surface area contributed by atoms with E-state index in [0.717, 1.165) is 61.0 Å². The molecule has 4 nitrogen and oxygen atoms in total. The molecule has 0 aromatic heterocycles. The summed E-state index contributed by atoms with van der Waals surface area (Å²) in [7, 11) is 0. The highest BCUT2D eigenvalue weighted by atomic mass is 16.3. The largest absolute Gasteiger partial charge is 0.380 e. The van der Waals surface area contributed by atoms with Gasteiger partial charge in [-0.1, -0.05) is 134 Å². The number of hydrogen-bond donors (Lipinski definition) is 2. The topological polar surface area (TPSA) is 46.9 Å². The molecule has 2 saturated heterocycles. The third kappa shape index (κ3) is 9.39. The quantitative estimate of drug-likeness (QED) is 0.167. The Morgan fingerprint density at radius 2 is 0.652 bits per heavy atom. The third-order valence-corrected chi connectivity index (χ3v) is 9.93. The summed E-state index contributed by atoms with van der Waals surface area (Å²) < 4.78 is 0. The first-order valence-corrected chi connectivity index (χ1v) is 17.7. The molecule has 0 radical (unpaired) electrons. The van der Waals surface area contributed by atoms with Gasteiger partial charge < -0.3 is 20.0 Å². The monoisotopic (exact) mass is 618 g/mol. The molecule has 0 atom stereocenters. The maximum Gasteiger partial charge on any atom is 0.115 e. The van der Waals surface area contributed by atoms with E-state index in [1.165, 1.54) is 64.7 Å². The van der Waals surface area contributed by atoms with Crippen molar-refractivity contribution in [1.82, 2.24) is 9.80 Å². The first kappa shape index (κ1) is 34.1. The lowest BCUT2D eigenvalue weighted by Crippen LogP contribution is -2.33. The first-order valence-electron chi connectivity index (χ1n) is 17.7. The van der Waals surface area contributed by atoms with E-state index < -0.39 is 11.2 Å². The van der Waals surface area contributed by atoms with Crippen LogP contribution in [0.2, 0.25) is 0 Å². The predicted molar refractivity (Wildman–Crippen MR) is 191 cm³/mol. The zero-order chi connectivity index (χ0) is 31.9. The van der Waals surface area contributed by atoms with Crippen LogP contribution in [0, 0.1) is 0 Å². The molecular formula is C42H54N2O2. The van der Waals surface area contributed by atoms with Crippen LogP contribution in [0.5, 0.6) is 0 Å². The van der Waals surface area contributed by atoms with Crippen molar-refractivity contribution in [2.45, 2.75) is 75.4 Å². The zero-order valence-corrected chi connectivity index (χ0v) is 27.6. The number of rotatable bonds is 12. The average molecular weight is 619 g/mol. The van der Waals surface area contributed by atoms with Gasteiger partial charge >= 0.3 is 0 Å². The fourth-order valence-corrected chi connectivity index (χ4v) is 7.25. The van der Waals surface area contributed by atoms with Crippen molar-refractivity contribution in [1.29, 1.82) is 0 Å². The van der Waals surface area contributed by atoms with Crippen molar-refractivity contribution in [2.75, 3.05) is 39.3 Å². The van der Waals surface area contributed by atoms with Crippen LogP contribution in [0.25, 0.3) is 0 Å². The minimum Gasteiger partial charge on any atom is -0.380 e. The number of hydrogen-bond acceptors (Lipinski definition) is 4. The molecule has 46 heavy (non-hydrogen) atoms. The Morgan fingerprint density at radius 3 is 0.913 bits per heavy atom. The standard InChI is InChI=1S/2C21H27NO/c2*23-21(19-11-4-1-5-12-19,20-13-6-2-7-14-20)15-10-18-22-16-8-3-9-17-22/h2*1-2,4-7,11-14,23H,3,8-10,15-18H2. The zero-order valence-electron chi connectivity index (χ0n) is 27.6. The normalized spacial score (nSPS) is 16.4. The Kier molecular flexibility index (Phi) is 13.0. The van der Waals surface area contributed by atoms with E-state index in [-0.39, 0.29) is 0 Å². The van der Waals surface area contributed by atoms with Gasteiger partial charge in [-0.3, -0.25) is 0 Å². The van der Waals surface area contributed by atoms with Gasteiger partial charge in [0.15, 0.2) is 0 Å². The Balaban J connectivity index is 0.000000181. The summed E-state index contributed by atoms with van der Waals surface area (Å²) in [5.41, 5.74) is 2.18. The molecule has 0 spiro atoms. The molecule has 0 bridgehead atoms. The Hall–Kier alpha value is -3.28. The molecule has 0 unspecified atom stereocenters. The highest BCUT2D eigenvalue weighted by molar-refractivity contribution is 5.37. The maximum atomic E-state index is 11.5. The molecule has 0 aliphatic carbocycles. The molecule has 2 aliphatic heterocycles. The van der Waals surface area contributed by atoms with Gasteiger partial charge in [0.2, 0.25) is 0 Å². The number of nitrogens with zero attached hydrogens (tertiary/aromatic N) is 2. The van der Waals surface area contributed by atoms with Crippen LogP contribution in [0.15, 0.2) is 121 Å². The molecule has 2 heterocycles. The van der Waals surface area contributed by atoms with Gasteiger partial charge in [0.05, 0.1) is 0 Å². The first-order chi connectivity index (χ1) is 22.6. The second-order valence-electron chi connectivity index (χ2n) is 13.2. The fourth-order valence-electron chi connectivity index (χ4n) is 7.25. The molecule has 4 aromatic rings. The lowest BCUT2D eigenvalue weighted by atomic mass is 9.82. The molecule has 2 aliphatic rings. The lowest BCUT2D eigenvalue weighted by molar-refractivity contribution is 0.0635. The van der Waals surface area contributed by atoms with Gasteiger partial charge in [-0.25, -0.2) is 0 Å². The lowest BCUT2D eigenvalue weighted by Gasteiger charge is -2.32. The summed E-state index contributed by atoms with van der Waals surface area (Å²) in [5, 5.41) is 22.9. The van der Waals surface area contributed by atoms with E-state index in [9.17, 15) is 10.2 Å². The summed E-state index contributed by atoms with van der Waals surface area (Å²) in [5.74, 6) is 0. The van der Waals surface area contributed by atoms with Crippen molar-refractivity contribution in [3.8, 4) is 0 Å². The van der Waals surface area contributed by atoms with E-state index in [2.05, 4.69) is 9.80 Å². The van der Waals surface area contributed by atoms with Crippen LogP contribution in [-0.2, 0) is 11.2 Å². The summed E-state index contributed by atoms with van der Waals surface area (Å²) in [6.45, 7) is 7.04. The van der Waals surface area contributed by atoms with Gasteiger partial charge in [0.25, 0.3) is 0 Å². The third-order valence-electron chi connectivity index (χ3n) is 9.93. The molecule has 6 rings (SSSR count). The fraction of sp³-hybridized carbons (Fsp3) is 0.429. The van der Waals surface area contributed by atoms with E-state index in [1.807, 2.05) is 121 Å². The molecule has 0 amide bonds. The summed E-state index contributed by atoms with van der Waals surface area (Å²) >= 11 is 0. The molecule has 0 saturated carbocycles. The maximum absolute atomic E-state index is 11.5.